The molecule has 0 heterocycles. The molecule has 0 aromatic heterocycles. The standard InChI is InChI=1S/C12H23N3O4/c1-3-5-6-13-11(18)7-14-12(19)9(8-16)15-10(17)4-2/h9,16H,3-8H2,1-2H3,(H,13,18)(H,14,19)(H,15,17). The van der Waals surface area contributed by atoms with Gasteiger partial charge in [0.15, 0.2) is 0 Å². The van der Waals surface area contributed by atoms with E-state index in [1.807, 2.05) is 6.92 Å². The molecule has 0 aliphatic rings. The van der Waals surface area contributed by atoms with E-state index >= 15 is 0 Å². The van der Waals surface area contributed by atoms with Gasteiger partial charge in [-0.1, -0.05) is 20.3 Å². The molecule has 110 valence electrons. The minimum absolute atomic E-state index is 0.166. The Labute approximate surface area is 113 Å². The molecule has 0 aliphatic heterocycles. The van der Waals surface area contributed by atoms with Gasteiger partial charge in [0.2, 0.25) is 17.7 Å². The summed E-state index contributed by atoms with van der Waals surface area (Å²) in [5.41, 5.74) is 0. The molecule has 0 aliphatic carbocycles. The lowest BCUT2D eigenvalue weighted by Gasteiger charge is -2.15. The monoisotopic (exact) mass is 273 g/mol. The van der Waals surface area contributed by atoms with Crippen LogP contribution in [0.1, 0.15) is 33.1 Å². The van der Waals surface area contributed by atoms with Gasteiger partial charge in [-0.3, -0.25) is 14.4 Å². The Kier molecular flexibility index (Phi) is 9.42. The van der Waals surface area contributed by atoms with E-state index in [0.717, 1.165) is 12.8 Å². The zero-order valence-corrected chi connectivity index (χ0v) is 11.5. The van der Waals surface area contributed by atoms with Crippen LogP contribution in [0.4, 0.5) is 0 Å². The zero-order valence-electron chi connectivity index (χ0n) is 11.5. The molecule has 0 rings (SSSR count). The molecule has 1 unspecified atom stereocenters. The molecule has 0 bridgehead atoms. The maximum Gasteiger partial charge on any atom is 0.245 e. The highest BCUT2D eigenvalue weighted by Crippen LogP contribution is 1.86. The number of aliphatic hydroxyl groups excluding tert-OH is 1. The number of carbonyl (C=O) groups excluding carboxylic acids is 3. The first kappa shape index (κ1) is 17.4. The van der Waals surface area contributed by atoms with E-state index in [4.69, 9.17) is 5.11 Å². The minimum atomic E-state index is -1.02. The third kappa shape index (κ3) is 8.15. The highest BCUT2D eigenvalue weighted by Gasteiger charge is 2.19. The van der Waals surface area contributed by atoms with Crippen molar-refractivity contribution in [2.45, 2.75) is 39.2 Å². The first-order chi connectivity index (χ1) is 9.04. The van der Waals surface area contributed by atoms with Crippen LogP contribution in [0.15, 0.2) is 0 Å². The summed E-state index contributed by atoms with van der Waals surface area (Å²) in [5.74, 6) is -1.20. The number of carbonyl (C=O) groups is 3. The van der Waals surface area contributed by atoms with Crippen molar-refractivity contribution in [1.29, 1.82) is 0 Å². The van der Waals surface area contributed by atoms with E-state index in [2.05, 4.69) is 16.0 Å². The molecule has 0 aromatic rings. The maximum atomic E-state index is 11.6. The van der Waals surface area contributed by atoms with Gasteiger partial charge in [0.05, 0.1) is 13.2 Å². The Morgan fingerprint density at radius 3 is 2.32 bits per heavy atom. The second kappa shape index (κ2) is 10.3. The minimum Gasteiger partial charge on any atom is -0.394 e. The summed E-state index contributed by atoms with van der Waals surface area (Å²) in [6.45, 7) is 3.55. The Hall–Kier alpha value is -1.63. The van der Waals surface area contributed by atoms with Crippen LogP contribution in [0.3, 0.4) is 0 Å². The van der Waals surface area contributed by atoms with Crippen LogP contribution in [0, 0.1) is 0 Å². The van der Waals surface area contributed by atoms with E-state index in [0.29, 0.717) is 6.54 Å². The summed E-state index contributed by atoms with van der Waals surface area (Å²) in [6, 6.07) is -1.02. The van der Waals surface area contributed by atoms with Crippen molar-refractivity contribution >= 4 is 17.7 Å². The number of nitrogens with one attached hydrogen (secondary N) is 3. The van der Waals surface area contributed by atoms with Gasteiger partial charge in [0.25, 0.3) is 0 Å². The molecular weight excluding hydrogens is 250 g/mol. The summed E-state index contributed by atoms with van der Waals surface area (Å²) in [7, 11) is 0. The predicted molar refractivity (Wildman–Crippen MR) is 70.2 cm³/mol. The molecule has 0 saturated carbocycles. The molecule has 4 N–H and O–H groups in total. The van der Waals surface area contributed by atoms with Gasteiger partial charge in [0, 0.05) is 13.0 Å². The number of unbranched alkanes of at least 4 members (excludes halogenated alkanes) is 1. The van der Waals surface area contributed by atoms with Crippen LogP contribution in [0.2, 0.25) is 0 Å². The maximum absolute atomic E-state index is 11.6. The van der Waals surface area contributed by atoms with Gasteiger partial charge >= 0.3 is 0 Å². The highest BCUT2D eigenvalue weighted by atomic mass is 16.3. The fraction of sp³-hybridized carbons (Fsp3) is 0.750. The SMILES string of the molecule is CCCCNC(=O)CNC(=O)C(CO)NC(=O)CC. The molecule has 0 aromatic carbocycles. The topological polar surface area (TPSA) is 108 Å². The Bertz CT molecular complexity index is 307. The largest absolute Gasteiger partial charge is 0.394 e. The van der Waals surface area contributed by atoms with Crippen molar-refractivity contribution in [2.75, 3.05) is 19.7 Å². The van der Waals surface area contributed by atoms with Crippen molar-refractivity contribution in [3.05, 3.63) is 0 Å². The van der Waals surface area contributed by atoms with Gasteiger partial charge in [-0.25, -0.2) is 0 Å². The highest BCUT2D eigenvalue weighted by molar-refractivity contribution is 5.90. The zero-order chi connectivity index (χ0) is 14.7. The van der Waals surface area contributed by atoms with Gasteiger partial charge in [-0.15, -0.1) is 0 Å². The number of hydrogen-bond donors (Lipinski definition) is 4. The number of amides is 3. The summed E-state index contributed by atoms with van der Waals surface area (Å²) in [4.78, 5) is 34.0. The fourth-order valence-electron chi connectivity index (χ4n) is 1.25. The molecule has 7 nitrogen and oxygen atoms in total. The molecular formula is C12H23N3O4. The average Bonchev–Trinajstić information content (AvgIpc) is 2.42. The van der Waals surface area contributed by atoms with Crippen LogP contribution in [0.25, 0.3) is 0 Å². The Morgan fingerprint density at radius 1 is 1.11 bits per heavy atom. The van der Waals surface area contributed by atoms with Crippen LogP contribution < -0.4 is 16.0 Å². The van der Waals surface area contributed by atoms with E-state index in [1.54, 1.807) is 6.92 Å². The Balaban J connectivity index is 3.99. The van der Waals surface area contributed by atoms with Crippen LogP contribution in [-0.2, 0) is 14.4 Å². The van der Waals surface area contributed by atoms with Gasteiger partial charge in [0.1, 0.15) is 6.04 Å². The summed E-state index contributed by atoms with van der Waals surface area (Å²) < 4.78 is 0. The Morgan fingerprint density at radius 2 is 1.79 bits per heavy atom. The van der Waals surface area contributed by atoms with Gasteiger partial charge in [-0.05, 0) is 6.42 Å². The van der Waals surface area contributed by atoms with Crippen molar-refractivity contribution in [1.82, 2.24) is 16.0 Å². The summed E-state index contributed by atoms with van der Waals surface area (Å²) in [6.07, 6.45) is 2.08. The van der Waals surface area contributed by atoms with E-state index < -0.39 is 18.6 Å². The molecule has 0 spiro atoms. The third-order valence-corrected chi connectivity index (χ3v) is 2.43. The molecule has 7 heteroatoms. The quantitative estimate of drug-likeness (QED) is 0.400. The van der Waals surface area contributed by atoms with Gasteiger partial charge < -0.3 is 21.1 Å². The molecule has 0 fully saturated rings. The molecule has 19 heavy (non-hydrogen) atoms. The molecule has 3 amide bonds. The smallest absolute Gasteiger partial charge is 0.245 e. The second-order valence-corrected chi connectivity index (χ2v) is 4.08. The molecule has 1 atom stereocenters. The number of hydrogen-bond acceptors (Lipinski definition) is 4. The normalized spacial score (nSPS) is 11.5. The average molecular weight is 273 g/mol. The van der Waals surface area contributed by atoms with E-state index in [-0.39, 0.29) is 24.8 Å². The lowest BCUT2D eigenvalue weighted by molar-refractivity contribution is -0.131. The number of rotatable bonds is 9. The van der Waals surface area contributed by atoms with E-state index in [9.17, 15) is 14.4 Å². The van der Waals surface area contributed by atoms with Crippen molar-refractivity contribution in [3.8, 4) is 0 Å². The van der Waals surface area contributed by atoms with E-state index in [1.165, 1.54) is 0 Å². The third-order valence-electron chi connectivity index (χ3n) is 2.43. The van der Waals surface area contributed by atoms with Gasteiger partial charge in [-0.2, -0.15) is 0 Å². The fourth-order valence-corrected chi connectivity index (χ4v) is 1.25. The van der Waals surface area contributed by atoms with Crippen molar-refractivity contribution in [3.63, 3.8) is 0 Å². The molecule has 0 saturated heterocycles. The second-order valence-electron chi connectivity index (χ2n) is 4.08. The van der Waals surface area contributed by atoms with Crippen molar-refractivity contribution in [2.24, 2.45) is 0 Å². The van der Waals surface area contributed by atoms with Crippen LogP contribution in [0.5, 0.6) is 0 Å². The van der Waals surface area contributed by atoms with Crippen LogP contribution >= 0.6 is 0 Å². The first-order valence-electron chi connectivity index (χ1n) is 6.49. The molecule has 0 radical (unpaired) electrons. The lowest BCUT2D eigenvalue weighted by atomic mass is 10.2. The number of aliphatic hydroxyl groups is 1. The van der Waals surface area contributed by atoms with Crippen LogP contribution in [-0.4, -0.2) is 48.6 Å². The lowest BCUT2D eigenvalue weighted by Crippen LogP contribution is -2.50. The summed E-state index contributed by atoms with van der Waals surface area (Å²) >= 11 is 0. The summed E-state index contributed by atoms with van der Waals surface area (Å²) in [5, 5.41) is 16.4. The predicted octanol–water partition coefficient (Wildman–Crippen LogP) is -1.09. The first-order valence-corrected chi connectivity index (χ1v) is 6.49. The van der Waals surface area contributed by atoms with Crippen molar-refractivity contribution < 1.29 is 19.5 Å².